The zero-order valence-corrected chi connectivity index (χ0v) is 22.4. The van der Waals surface area contributed by atoms with E-state index in [-0.39, 0.29) is 46.5 Å². The molecule has 3 aromatic heterocycles. The molecular formula is C28H26ClFN6O3. The van der Waals surface area contributed by atoms with Crippen LogP contribution in [0.4, 0.5) is 15.0 Å². The van der Waals surface area contributed by atoms with Crippen molar-refractivity contribution < 1.29 is 14.3 Å². The number of aromatic nitrogens is 4. The topological polar surface area (TPSA) is 104 Å². The monoisotopic (exact) mass is 548 g/mol. The number of hydrogen-bond donors (Lipinski definition) is 1. The number of fused-ring (bicyclic) bond motifs is 2. The predicted octanol–water partition coefficient (Wildman–Crippen LogP) is 5.01. The van der Waals surface area contributed by atoms with E-state index in [1.165, 1.54) is 15.5 Å². The maximum atomic E-state index is 14.9. The van der Waals surface area contributed by atoms with Gasteiger partial charge in [-0.3, -0.25) is 4.98 Å². The Hall–Kier alpha value is -4.05. The normalized spacial score (nSPS) is 18.5. The van der Waals surface area contributed by atoms with Gasteiger partial charge in [0.2, 0.25) is 0 Å². The van der Waals surface area contributed by atoms with Crippen LogP contribution in [0.2, 0.25) is 5.02 Å². The number of halogens is 2. The second kappa shape index (κ2) is 9.30. The second-order valence-corrected chi connectivity index (χ2v) is 10.7. The quantitative estimate of drug-likeness (QED) is 0.382. The van der Waals surface area contributed by atoms with E-state index < -0.39 is 17.6 Å². The van der Waals surface area contributed by atoms with Gasteiger partial charge in [0.15, 0.2) is 5.65 Å². The fourth-order valence-corrected chi connectivity index (χ4v) is 5.79. The summed E-state index contributed by atoms with van der Waals surface area (Å²) in [4.78, 5) is 42.8. The summed E-state index contributed by atoms with van der Waals surface area (Å²) < 4.78 is 16.3. The number of carbonyl (C=O) groups is 1. The SMILES string of the molecule is Cc1ccnc(C(C)C)c1-n1c(=O)nc(N2CCN(C(=O)O)C3CC32)c2cc(Cl)c(-c3ccccc3F)nc21. The highest BCUT2D eigenvalue weighted by Gasteiger charge is 2.51. The van der Waals surface area contributed by atoms with Crippen LogP contribution in [0.1, 0.15) is 37.4 Å². The van der Waals surface area contributed by atoms with Gasteiger partial charge >= 0.3 is 11.8 Å². The Bertz CT molecular complexity index is 1710. The molecule has 2 aliphatic rings. The molecule has 2 unspecified atom stereocenters. The van der Waals surface area contributed by atoms with Gasteiger partial charge in [0.1, 0.15) is 11.6 Å². The number of piperazine rings is 1. The predicted molar refractivity (Wildman–Crippen MR) is 146 cm³/mol. The maximum Gasteiger partial charge on any atom is 0.407 e. The minimum atomic E-state index is -0.956. The van der Waals surface area contributed by atoms with Crippen molar-refractivity contribution in [3.63, 3.8) is 0 Å². The van der Waals surface area contributed by atoms with E-state index in [0.717, 1.165) is 5.56 Å². The number of carboxylic acid groups (broad SMARTS) is 1. The van der Waals surface area contributed by atoms with Crippen molar-refractivity contribution in [1.29, 1.82) is 0 Å². The molecule has 1 N–H and O–H groups in total. The van der Waals surface area contributed by atoms with E-state index in [1.54, 1.807) is 30.5 Å². The largest absolute Gasteiger partial charge is 0.465 e. The average molecular weight is 549 g/mol. The van der Waals surface area contributed by atoms with Crippen molar-refractivity contribution in [2.75, 3.05) is 18.0 Å². The first-order valence-electron chi connectivity index (χ1n) is 12.8. The van der Waals surface area contributed by atoms with E-state index in [1.807, 2.05) is 31.7 Å². The number of hydrogen-bond acceptors (Lipinski definition) is 6. The molecule has 11 heteroatoms. The maximum absolute atomic E-state index is 14.9. The number of benzene rings is 1. The molecule has 0 bridgehead atoms. The number of anilines is 1. The van der Waals surface area contributed by atoms with Crippen LogP contribution < -0.4 is 10.6 Å². The zero-order valence-electron chi connectivity index (χ0n) is 21.6. The van der Waals surface area contributed by atoms with Crippen molar-refractivity contribution in [3.8, 4) is 16.9 Å². The Morgan fingerprint density at radius 3 is 2.64 bits per heavy atom. The number of amides is 1. The first kappa shape index (κ1) is 25.2. The zero-order chi connectivity index (χ0) is 27.6. The third-order valence-electron chi connectivity index (χ3n) is 7.48. The van der Waals surface area contributed by atoms with Crippen molar-refractivity contribution in [1.82, 2.24) is 24.4 Å². The lowest BCUT2D eigenvalue weighted by molar-refractivity contribution is 0.138. The van der Waals surface area contributed by atoms with E-state index in [4.69, 9.17) is 16.6 Å². The van der Waals surface area contributed by atoms with Gasteiger partial charge in [0.25, 0.3) is 0 Å². The fourth-order valence-electron chi connectivity index (χ4n) is 5.54. The number of aryl methyl sites for hydroxylation is 1. The summed E-state index contributed by atoms with van der Waals surface area (Å²) in [5.74, 6) is -0.0948. The van der Waals surface area contributed by atoms with Gasteiger partial charge in [-0.1, -0.05) is 37.6 Å². The molecule has 9 nitrogen and oxygen atoms in total. The molecule has 4 aromatic rings. The number of nitrogens with zero attached hydrogens (tertiary/aromatic N) is 6. The third-order valence-corrected chi connectivity index (χ3v) is 7.77. The summed E-state index contributed by atoms with van der Waals surface area (Å²) in [5.41, 5.74) is 2.25. The van der Waals surface area contributed by atoms with Gasteiger partial charge in [0.05, 0.1) is 39.6 Å². The summed E-state index contributed by atoms with van der Waals surface area (Å²) in [6.45, 7) is 6.53. The van der Waals surface area contributed by atoms with Gasteiger partial charge in [0, 0.05) is 24.8 Å². The highest BCUT2D eigenvalue weighted by atomic mass is 35.5. The van der Waals surface area contributed by atoms with Crippen LogP contribution >= 0.6 is 11.6 Å². The molecule has 0 radical (unpaired) electrons. The van der Waals surface area contributed by atoms with Crippen LogP contribution in [0.15, 0.2) is 47.4 Å². The molecule has 39 heavy (non-hydrogen) atoms. The van der Waals surface area contributed by atoms with Gasteiger partial charge in [-0.05, 0) is 49.1 Å². The van der Waals surface area contributed by atoms with E-state index in [2.05, 4.69) is 9.97 Å². The molecule has 1 saturated heterocycles. The van der Waals surface area contributed by atoms with Crippen LogP contribution in [-0.4, -0.2) is 60.8 Å². The average Bonchev–Trinajstić information content (AvgIpc) is 3.69. The van der Waals surface area contributed by atoms with Gasteiger partial charge in [-0.2, -0.15) is 4.98 Å². The molecule has 0 spiro atoms. The van der Waals surface area contributed by atoms with Crippen molar-refractivity contribution in [2.45, 2.75) is 45.2 Å². The van der Waals surface area contributed by atoms with Crippen LogP contribution in [0.25, 0.3) is 28.0 Å². The Morgan fingerprint density at radius 2 is 1.92 bits per heavy atom. The summed E-state index contributed by atoms with van der Waals surface area (Å²) in [6, 6.07) is 9.44. The Balaban J connectivity index is 1.64. The van der Waals surface area contributed by atoms with Crippen molar-refractivity contribution >= 4 is 34.5 Å². The minimum Gasteiger partial charge on any atom is -0.465 e. The highest BCUT2D eigenvalue weighted by molar-refractivity contribution is 6.33. The van der Waals surface area contributed by atoms with Crippen LogP contribution in [0, 0.1) is 12.7 Å². The Morgan fingerprint density at radius 1 is 1.15 bits per heavy atom. The molecule has 2 atom stereocenters. The van der Waals surface area contributed by atoms with Crippen LogP contribution in [0.3, 0.4) is 0 Å². The summed E-state index contributed by atoms with van der Waals surface area (Å²) >= 11 is 6.72. The van der Waals surface area contributed by atoms with E-state index in [9.17, 15) is 19.1 Å². The van der Waals surface area contributed by atoms with Crippen molar-refractivity contribution in [3.05, 3.63) is 75.2 Å². The lowest BCUT2D eigenvalue weighted by atomic mass is 10.0. The molecule has 1 amide bonds. The second-order valence-electron chi connectivity index (χ2n) is 10.3. The van der Waals surface area contributed by atoms with Gasteiger partial charge in [-0.15, -0.1) is 0 Å². The Labute approximate surface area is 228 Å². The Kier molecular flexibility index (Phi) is 6.02. The van der Waals surface area contributed by atoms with Gasteiger partial charge in [-0.25, -0.2) is 23.5 Å². The summed E-state index contributed by atoms with van der Waals surface area (Å²) in [6.07, 6.45) is 1.39. The molecule has 1 aliphatic carbocycles. The molecule has 1 aliphatic heterocycles. The van der Waals surface area contributed by atoms with E-state index in [0.29, 0.717) is 35.6 Å². The van der Waals surface area contributed by atoms with Gasteiger partial charge < -0.3 is 14.9 Å². The van der Waals surface area contributed by atoms with Crippen LogP contribution in [-0.2, 0) is 0 Å². The molecule has 2 fully saturated rings. The molecular weight excluding hydrogens is 523 g/mol. The molecule has 1 aromatic carbocycles. The first-order chi connectivity index (χ1) is 18.7. The molecule has 200 valence electrons. The summed E-state index contributed by atoms with van der Waals surface area (Å²) in [5, 5.41) is 10.3. The highest BCUT2D eigenvalue weighted by Crippen LogP contribution is 2.42. The first-order valence-corrected chi connectivity index (χ1v) is 13.2. The standard InChI is InChI=1S/C28H26ClFN6O3/c1-14(2)22-24(15(3)8-9-31-22)36-26-17(12-18(29)23(32-26)16-6-4-5-7-19(16)30)25(33-27(36)37)34-10-11-35(28(38)39)21-13-20(21)34/h4-9,12,14,20-21H,10-11,13H2,1-3H3,(H,38,39). The smallest absolute Gasteiger partial charge is 0.407 e. The fraction of sp³-hybridized carbons (Fsp3) is 0.321. The lowest BCUT2D eigenvalue weighted by Crippen LogP contribution is -2.49. The molecule has 1 saturated carbocycles. The molecule has 4 heterocycles. The minimum absolute atomic E-state index is 0.00353. The molecule has 6 rings (SSSR count). The van der Waals surface area contributed by atoms with Crippen LogP contribution in [0.5, 0.6) is 0 Å². The van der Waals surface area contributed by atoms with E-state index >= 15 is 0 Å². The lowest BCUT2D eigenvalue weighted by Gasteiger charge is -2.34. The number of pyridine rings is 2. The van der Waals surface area contributed by atoms with Crippen molar-refractivity contribution in [2.24, 2.45) is 0 Å². The summed E-state index contributed by atoms with van der Waals surface area (Å²) in [7, 11) is 0. The third kappa shape index (κ3) is 4.10. The number of rotatable bonds is 4.